The van der Waals surface area contributed by atoms with E-state index in [0.717, 1.165) is 25.7 Å². The van der Waals surface area contributed by atoms with Gasteiger partial charge in [-0.2, -0.15) is 0 Å². The maximum Gasteiger partial charge on any atom is 0.249 e. The lowest BCUT2D eigenvalue weighted by atomic mass is 10.0. The molecule has 0 unspecified atom stereocenters. The second-order valence-corrected chi connectivity index (χ2v) is 9.15. The molecule has 1 atom stereocenters. The van der Waals surface area contributed by atoms with Crippen molar-refractivity contribution in [3.05, 3.63) is 84.2 Å². The van der Waals surface area contributed by atoms with Crippen LogP contribution in [0.3, 0.4) is 0 Å². The standard InChI is InChI=1S/C28H28FN5O3/c1-37-23-10-6-7-19(17-23)27(28(36)30-21-8-2-3-9-21)34(22-15-13-20(29)14-16-22)26(35)18-33-25-12-5-4-11-24(25)31-32-33/h4-7,10-17,21,27H,2-3,8-9,18H2,1H3,(H,30,36)/t27-/m0/s1. The summed E-state index contributed by atoms with van der Waals surface area (Å²) in [5, 5.41) is 11.4. The molecule has 1 fully saturated rings. The van der Waals surface area contributed by atoms with Crippen LogP contribution in [0.2, 0.25) is 0 Å². The smallest absolute Gasteiger partial charge is 0.249 e. The zero-order valence-corrected chi connectivity index (χ0v) is 20.5. The summed E-state index contributed by atoms with van der Waals surface area (Å²) in [5.41, 5.74) is 2.33. The molecule has 37 heavy (non-hydrogen) atoms. The van der Waals surface area contributed by atoms with Gasteiger partial charge in [-0.1, -0.05) is 42.3 Å². The molecule has 8 nitrogen and oxygen atoms in total. The van der Waals surface area contributed by atoms with Gasteiger partial charge in [-0.25, -0.2) is 9.07 Å². The Hall–Kier alpha value is -4.27. The average Bonchev–Trinajstić information content (AvgIpc) is 3.58. The average molecular weight is 502 g/mol. The first-order valence-corrected chi connectivity index (χ1v) is 12.3. The third kappa shape index (κ3) is 5.30. The fraction of sp³-hybridized carbons (Fsp3) is 0.286. The third-order valence-electron chi connectivity index (χ3n) is 6.70. The van der Waals surface area contributed by atoms with E-state index in [1.807, 2.05) is 24.3 Å². The van der Waals surface area contributed by atoms with Gasteiger partial charge in [0.05, 0.1) is 12.6 Å². The number of nitrogens with one attached hydrogen (secondary N) is 1. The summed E-state index contributed by atoms with van der Waals surface area (Å²) in [4.78, 5) is 29.2. The number of anilines is 1. The highest BCUT2D eigenvalue weighted by Crippen LogP contribution is 2.31. The van der Waals surface area contributed by atoms with E-state index in [1.165, 1.54) is 33.8 Å². The molecule has 0 aliphatic heterocycles. The van der Waals surface area contributed by atoms with Gasteiger partial charge >= 0.3 is 0 Å². The number of methoxy groups -OCH3 is 1. The highest BCUT2D eigenvalue weighted by atomic mass is 19.1. The number of benzene rings is 3. The Morgan fingerprint density at radius 2 is 1.84 bits per heavy atom. The minimum atomic E-state index is -1.01. The van der Waals surface area contributed by atoms with Crippen LogP contribution in [0, 0.1) is 5.82 Å². The lowest BCUT2D eigenvalue weighted by molar-refractivity contribution is -0.127. The van der Waals surface area contributed by atoms with E-state index in [2.05, 4.69) is 15.6 Å². The first-order valence-electron chi connectivity index (χ1n) is 12.3. The molecule has 1 aliphatic rings. The van der Waals surface area contributed by atoms with Gasteiger partial charge in [0.2, 0.25) is 11.8 Å². The Balaban J connectivity index is 1.58. The Bertz CT molecular complexity index is 1400. The lowest BCUT2D eigenvalue weighted by Gasteiger charge is -2.32. The summed E-state index contributed by atoms with van der Waals surface area (Å²) >= 11 is 0. The van der Waals surface area contributed by atoms with E-state index in [0.29, 0.717) is 28.0 Å². The Morgan fingerprint density at radius 3 is 2.59 bits per heavy atom. The van der Waals surface area contributed by atoms with Crippen molar-refractivity contribution in [2.45, 2.75) is 44.3 Å². The van der Waals surface area contributed by atoms with E-state index in [9.17, 15) is 14.0 Å². The van der Waals surface area contributed by atoms with Crippen molar-refractivity contribution < 1.29 is 18.7 Å². The molecule has 9 heteroatoms. The summed E-state index contributed by atoms with van der Waals surface area (Å²) in [6, 6.07) is 19.0. The number of carbonyl (C=O) groups excluding carboxylic acids is 2. The summed E-state index contributed by atoms with van der Waals surface area (Å²) in [7, 11) is 1.55. The molecule has 1 aliphatic carbocycles. The van der Waals surface area contributed by atoms with Crippen LogP contribution in [0.4, 0.5) is 10.1 Å². The molecule has 5 rings (SSSR count). The van der Waals surface area contributed by atoms with Crippen LogP contribution in [0.1, 0.15) is 37.3 Å². The Labute approximate surface area is 214 Å². The molecule has 2 amide bonds. The summed E-state index contributed by atoms with van der Waals surface area (Å²) < 4.78 is 20.8. The van der Waals surface area contributed by atoms with E-state index in [1.54, 1.807) is 31.4 Å². The predicted octanol–water partition coefficient (Wildman–Crippen LogP) is 4.41. The Morgan fingerprint density at radius 1 is 1.08 bits per heavy atom. The Kier molecular flexibility index (Phi) is 7.11. The molecule has 1 saturated carbocycles. The normalized spacial score (nSPS) is 14.4. The van der Waals surface area contributed by atoms with Crippen molar-refractivity contribution in [2.75, 3.05) is 12.0 Å². The van der Waals surface area contributed by atoms with Gasteiger partial charge in [-0.05, 0) is 66.9 Å². The van der Waals surface area contributed by atoms with Crippen molar-refractivity contribution in [1.29, 1.82) is 0 Å². The van der Waals surface area contributed by atoms with Crippen LogP contribution in [0.5, 0.6) is 5.75 Å². The number of hydrogen-bond donors (Lipinski definition) is 1. The SMILES string of the molecule is COc1cccc([C@@H](C(=O)NC2CCCC2)N(C(=O)Cn2nnc3ccccc32)c2ccc(F)cc2)c1. The van der Waals surface area contributed by atoms with Crippen molar-refractivity contribution >= 4 is 28.5 Å². The molecule has 1 heterocycles. The van der Waals surface area contributed by atoms with Crippen LogP contribution >= 0.6 is 0 Å². The van der Waals surface area contributed by atoms with Crippen LogP contribution in [-0.2, 0) is 16.1 Å². The number of carbonyl (C=O) groups is 2. The van der Waals surface area contributed by atoms with E-state index in [4.69, 9.17) is 4.74 Å². The predicted molar refractivity (Wildman–Crippen MR) is 138 cm³/mol. The van der Waals surface area contributed by atoms with Gasteiger partial charge < -0.3 is 10.1 Å². The summed E-state index contributed by atoms with van der Waals surface area (Å²) in [6.45, 7) is -0.158. The van der Waals surface area contributed by atoms with Crippen LogP contribution < -0.4 is 15.0 Å². The van der Waals surface area contributed by atoms with E-state index >= 15 is 0 Å². The molecule has 1 N–H and O–H groups in total. The quantitative estimate of drug-likeness (QED) is 0.386. The number of halogens is 1. The van der Waals surface area contributed by atoms with Gasteiger partial charge in [-0.15, -0.1) is 5.10 Å². The van der Waals surface area contributed by atoms with Crippen molar-refractivity contribution in [1.82, 2.24) is 20.3 Å². The highest BCUT2D eigenvalue weighted by molar-refractivity contribution is 6.01. The number of fused-ring (bicyclic) bond motifs is 1. The van der Waals surface area contributed by atoms with Crippen molar-refractivity contribution in [3.8, 4) is 5.75 Å². The molecule has 190 valence electrons. The summed E-state index contributed by atoms with van der Waals surface area (Å²) in [5.74, 6) is -0.574. The molecule has 0 spiro atoms. The van der Waals surface area contributed by atoms with Crippen LogP contribution in [-0.4, -0.2) is 40.0 Å². The number of rotatable bonds is 8. The molecule has 0 saturated heterocycles. The van der Waals surface area contributed by atoms with Gasteiger partial charge in [-0.3, -0.25) is 14.5 Å². The molecular formula is C28H28FN5O3. The first kappa shape index (κ1) is 24.4. The summed E-state index contributed by atoms with van der Waals surface area (Å²) in [6.07, 6.45) is 3.89. The molecule has 0 bridgehead atoms. The zero-order valence-electron chi connectivity index (χ0n) is 20.5. The maximum atomic E-state index is 14.0. The lowest BCUT2D eigenvalue weighted by Crippen LogP contribution is -2.47. The maximum absolute atomic E-state index is 14.0. The number of para-hydroxylation sites is 1. The highest BCUT2D eigenvalue weighted by Gasteiger charge is 2.35. The van der Waals surface area contributed by atoms with Crippen LogP contribution in [0.15, 0.2) is 72.8 Å². The fourth-order valence-electron chi connectivity index (χ4n) is 4.86. The number of amides is 2. The molecular weight excluding hydrogens is 473 g/mol. The minimum absolute atomic E-state index is 0.0463. The van der Waals surface area contributed by atoms with Gasteiger partial charge in [0, 0.05) is 11.7 Å². The molecule has 0 radical (unpaired) electrons. The number of ether oxygens (including phenoxy) is 1. The minimum Gasteiger partial charge on any atom is -0.497 e. The first-order chi connectivity index (χ1) is 18.0. The van der Waals surface area contributed by atoms with Gasteiger partial charge in [0.25, 0.3) is 0 Å². The number of hydrogen-bond acceptors (Lipinski definition) is 5. The number of aromatic nitrogens is 3. The molecule has 3 aromatic carbocycles. The largest absolute Gasteiger partial charge is 0.497 e. The van der Waals surface area contributed by atoms with Gasteiger partial charge in [0.1, 0.15) is 29.7 Å². The van der Waals surface area contributed by atoms with E-state index in [-0.39, 0.29) is 18.5 Å². The van der Waals surface area contributed by atoms with Crippen LogP contribution in [0.25, 0.3) is 11.0 Å². The van der Waals surface area contributed by atoms with Gasteiger partial charge in [0.15, 0.2) is 0 Å². The zero-order chi connectivity index (χ0) is 25.8. The van der Waals surface area contributed by atoms with Crippen molar-refractivity contribution in [3.63, 3.8) is 0 Å². The van der Waals surface area contributed by atoms with Crippen molar-refractivity contribution in [2.24, 2.45) is 0 Å². The third-order valence-corrected chi connectivity index (χ3v) is 6.70. The molecule has 4 aromatic rings. The van der Waals surface area contributed by atoms with E-state index < -0.39 is 17.8 Å². The monoisotopic (exact) mass is 501 g/mol. The molecule has 1 aromatic heterocycles. The second kappa shape index (κ2) is 10.8. The topological polar surface area (TPSA) is 89.4 Å². The second-order valence-electron chi connectivity index (χ2n) is 9.15. The number of nitrogens with zero attached hydrogens (tertiary/aromatic N) is 4. The fourth-order valence-corrected chi connectivity index (χ4v) is 4.86.